The third-order valence-electron chi connectivity index (χ3n) is 3.77. The lowest BCUT2D eigenvalue weighted by molar-refractivity contribution is -0.385. The van der Waals surface area contributed by atoms with Crippen molar-refractivity contribution >= 4 is 27.3 Å². The van der Waals surface area contributed by atoms with Gasteiger partial charge in [-0.3, -0.25) is 14.9 Å². The Hall–Kier alpha value is -2.98. The fourth-order valence-corrected chi connectivity index (χ4v) is 3.34. The number of benzene rings is 2. The van der Waals surface area contributed by atoms with Crippen molar-refractivity contribution in [2.24, 2.45) is 0 Å². The third-order valence-corrected chi connectivity index (χ3v) is 5.32. The maximum atomic E-state index is 12.1. The van der Waals surface area contributed by atoms with Crippen LogP contribution in [-0.2, 0) is 14.8 Å². The number of sulfonamides is 1. The summed E-state index contributed by atoms with van der Waals surface area (Å²) in [6.07, 6.45) is 0. The molecule has 27 heavy (non-hydrogen) atoms. The van der Waals surface area contributed by atoms with Gasteiger partial charge in [0, 0.05) is 17.3 Å². The highest BCUT2D eigenvalue weighted by Crippen LogP contribution is 2.23. The molecule has 0 spiro atoms. The van der Waals surface area contributed by atoms with Crippen LogP contribution in [0.3, 0.4) is 0 Å². The lowest BCUT2D eigenvalue weighted by atomic mass is 10.2. The summed E-state index contributed by atoms with van der Waals surface area (Å²) in [5, 5.41) is 13.4. The molecule has 2 aromatic rings. The zero-order valence-corrected chi connectivity index (χ0v) is 15.8. The fraction of sp³-hybridized carbons (Fsp3) is 0.235. The van der Waals surface area contributed by atoms with Crippen LogP contribution in [0, 0.1) is 24.0 Å². The lowest BCUT2D eigenvalue weighted by Crippen LogP contribution is -2.22. The smallest absolute Gasteiger partial charge is 0.272 e. The average Bonchev–Trinajstić information content (AvgIpc) is 2.61. The summed E-state index contributed by atoms with van der Waals surface area (Å²) in [4.78, 5) is 22.4. The molecule has 0 radical (unpaired) electrons. The zero-order valence-electron chi connectivity index (χ0n) is 15.0. The number of amides is 1. The van der Waals surface area contributed by atoms with Crippen LogP contribution >= 0.6 is 0 Å². The number of anilines is 1. The van der Waals surface area contributed by atoms with Crippen molar-refractivity contribution in [3.8, 4) is 5.75 Å². The molecule has 0 saturated carbocycles. The van der Waals surface area contributed by atoms with E-state index in [2.05, 4.69) is 10.0 Å². The lowest BCUT2D eigenvalue weighted by Gasteiger charge is -2.11. The average molecular weight is 393 g/mol. The van der Waals surface area contributed by atoms with E-state index in [1.165, 1.54) is 31.3 Å². The van der Waals surface area contributed by atoms with E-state index in [0.717, 1.165) is 0 Å². The summed E-state index contributed by atoms with van der Waals surface area (Å²) in [6, 6.07) is 8.70. The molecule has 0 aliphatic heterocycles. The second-order valence-electron chi connectivity index (χ2n) is 5.73. The van der Waals surface area contributed by atoms with Crippen LogP contribution in [0.1, 0.15) is 11.1 Å². The molecule has 0 aliphatic rings. The van der Waals surface area contributed by atoms with Crippen LogP contribution in [0.5, 0.6) is 5.75 Å². The minimum atomic E-state index is -3.65. The van der Waals surface area contributed by atoms with Crippen molar-refractivity contribution in [1.82, 2.24) is 4.72 Å². The molecule has 0 bridgehead atoms. The molecule has 2 N–H and O–H groups in total. The summed E-state index contributed by atoms with van der Waals surface area (Å²) in [5.74, 6) is -0.182. The first-order valence-corrected chi connectivity index (χ1v) is 9.34. The van der Waals surface area contributed by atoms with E-state index < -0.39 is 20.9 Å². The molecule has 0 aromatic heterocycles. The molecule has 9 nitrogen and oxygen atoms in total. The van der Waals surface area contributed by atoms with E-state index >= 15 is 0 Å². The summed E-state index contributed by atoms with van der Waals surface area (Å²) < 4.78 is 31.5. The highest BCUT2D eigenvalue weighted by molar-refractivity contribution is 7.89. The molecule has 2 aromatic carbocycles. The Morgan fingerprint density at radius 1 is 1.15 bits per heavy atom. The van der Waals surface area contributed by atoms with Gasteiger partial charge in [0.25, 0.3) is 11.6 Å². The van der Waals surface area contributed by atoms with Gasteiger partial charge in [0.1, 0.15) is 5.75 Å². The van der Waals surface area contributed by atoms with Gasteiger partial charge in [-0.25, -0.2) is 13.1 Å². The van der Waals surface area contributed by atoms with E-state index in [1.807, 2.05) is 0 Å². The zero-order chi connectivity index (χ0) is 20.2. The molecule has 144 valence electrons. The third kappa shape index (κ3) is 5.02. The highest BCUT2D eigenvalue weighted by atomic mass is 32.2. The molecule has 1 amide bonds. The Kier molecular flexibility index (Phi) is 6.13. The van der Waals surface area contributed by atoms with Crippen LogP contribution in [0.25, 0.3) is 0 Å². The molecule has 0 atom stereocenters. The van der Waals surface area contributed by atoms with Gasteiger partial charge in [-0.05, 0) is 50.7 Å². The van der Waals surface area contributed by atoms with Crippen molar-refractivity contribution in [2.75, 3.05) is 19.0 Å². The minimum absolute atomic E-state index is 0.0373. The number of nitrogens with one attached hydrogen (secondary N) is 2. The monoisotopic (exact) mass is 393 g/mol. The molecule has 0 saturated heterocycles. The van der Waals surface area contributed by atoms with Crippen molar-refractivity contribution in [1.29, 1.82) is 0 Å². The number of ether oxygens (including phenoxy) is 1. The second-order valence-corrected chi connectivity index (χ2v) is 7.59. The molecule has 0 aliphatic carbocycles. The van der Waals surface area contributed by atoms with Crippen LogP contribution < -0.4 is 14.8 Å². The summed E-state index contributed by atoms with van der Waals surface area (Å²) >= 11 is 0. The number of nitrogens with zero attached hydrogens (tertiary/aromatic N) is 1. The second kappa shape index (κ2) is 8.14. The SMILES string of the molecule is CNS(=O)(=O)c1cc(NC(=O)COc2ccc([N+](=O)[O-])c(C)c2)ccc1C. The van der Waals surface area contributed by atoms with E-state index in [4.69, 9.17) is 4.74 Å². The Morgan fingerprint density at radius 2 is 1.85 bits per heavy atom. The van der Waals surface area contributed by atoms with Gasteiger partial charge in [0.05, 0.1) is 9.82 Å². The fourth-order valence-electron chi connectivity index (χ4n) is 2.35. The minimum Gasteiger partial charge on any atom is -0.484 e. The maximum Gasteiger partial charge on any atom is 0.272 e. The van der Waals surface area contributed by atoms with Gasteiger partial charge in [0.15, 0.2) is 6.61 Å². The van der Waals surface area contributed by atoms with Gasteiger partial charge < -0.3 is 10.1 Å². The van der Waals surface area contributed by atoms with Crippen molar-refractivity contribution < 1.29 is 22.9 Å². The quantitative estimate of drug-likeness (QED) is 0.548. The number of hydrogen-bond acceptors (Lipinski definition) is 6. The van der Waals surface area contributed by atoms with Crippen molar-refractivity contribution in [2.45, 2.75) is 18.7 Å². The predicted octanol–water partition coefficient (Wildman–Crippen LogP) is 2.14. The Bertz CT molecular complexity index is 988. The molecule has 10 heteroatoms. The van der Waals surface area contributed by atoms with Crippen molar-refractivity contribution in [3.63, 3.8) is 0 Å². The molecular formula is C17H19N3O6S. The highest BCUT2D eigenvalue weighted by Gasteiger charge is 2.16. The summed E-state index contributed by atoms with van der Waals surface area (Å²) in [5.41, 5.74) is 1.23. The van der Waals surface area contributed by atoms with E-state index in [0.29, 0.717) is 22.6 Å². The van der Waals surface area contributed by atoms with Crippen LogP contribution in [0.15, 0.2) is 41.3 Å². The number of nitro benzene ring substituents is 1. The van der Waals surface area contributed by atoms with E-state index in [1.54, 1.807) is 26.0 Å². The van der Waals surface area contributed by atoms with Gasteiger partial charge in [-0.1, -0.05) is 6.07 Å². The summed E-state index contributed by atoms with van der Waals surface area (Å²) in [7, 11) is -2.34. The Labute approximate surface area is 156 Å². The maximum absolute atomic E-state index is 12.1. The number of hydrogen-bond donors (Lipinski definition) is 2. The topological polar surface area (TPSA) is 128 Å². The molecule has 0 heterocycles. The first kappa shape index (κ1) is 20.3. The van der Waals surface area contributed by atoms with Gasteiger partial charge in [-0.15, -0.1) is 0 Å². The largest absolute Gasteiger partial charge is 0.484 e. The van der Waals surface area contributed by atoms with Gasteiger partial charge in [-0.2, -0.15) is 0 Å². The Morgan fingerprint density at radius 3 is 2.44 bits per heavy atom. The first-order chi connectivity index (χ1) is 12.6. The number of carbonyl (C=O) groups excluding carboxylic acids is 1. The first-order valence-electron chi connectivity index (χ1n) is 7.86. The van der Waals surface area contributed by atoms with E-state index in [-0.39, 0.29) is 17.2 Å². The summed E-state index contributed by atoms with van der Waals surface area (Å²) in [6.45, 7) is 2.89. The molecular weight excluding hydrogens is 374 g/mol. The van der Waals surface area contributed by atoms with Crippen LogP contribution in [0.2, 0.25) is 0 Å². The standard InChI is InChI=1S/C17H19N3O6S/c1-11-4-5-13(9-16(11)27(24,25)18-3)19-17(21)10-26-14-6-7-15(20(22)23)12(2)8-14/h4-9,18H,10H2,1-3H3,(H,19,21). The molecule has 0 fully saturated rings. The number of aryl methyl sites for hydroxylation is 2. The number of rotatable bonds is 7. The number of carbonyl (C=O) groups is 1. The van der Waals surface area contributed by atoms with Crippen LogP contribution in [-0.4, -0.2) is 32.9 Å². The van der Waals surface area contributed by atoms with Crippen molar-refractivity contribution in [3.05, 3.63) is 57.6 Å². The van der Waals surface area contributed by atoms with E-state index in [9.17, 15) is 23.3 Å². The number of nitro groups is 1. The molecule has 2 rings (SSSR count). The normalized spacial score (nSPS) is 11.1. The Balaban J connectivity index is 2.05. The van der Waals surface area contributed by atoms with Gasteiger partial charge >= 0.3 is 0 Å². The van der Waals surface area contributed by atoms with Crippen LogP contribution in [0.4, 0.5) is 11.4 Å². The predicted molar refractivity (Wildman–Crippen MR) is 99.4 cm³/mol. The molecule has 0 unspecified atom stereocenters. The van der Waals surface area contributed by atoms with Gasteiger partial charge in [0.2, 0.25) is 10.0 Å².